The molecule has 2 unspecified atom stereocenters. The molecule has 0 saturated carbocycles. The Morgan fingerprint density at radius 2 is 2.29 bits per heavy atom. The quantitative estimate of drug-likeness (QED) is 0.872. The van der Waals surface area contributed by atoms with Gasteiger partial charge < -0.3 is 10.1 Å². The predicted molar refractivity (Wildman–Crippen MR) is 77.2 cm³/mol. The van der Waals surface area contributed by atoms with Crippen LogP contribution in [0.5, 0.6) is 0 Å². The number of ether oxygens (including phenoxy) is 1. The molecule has 1 aliphatic heterocycles. The first-order chi connectivity index (χ1) is 8.20. The molecule has 1 heterocycles. The molecule has 0 spiro atoms. The second-order valence-corrected chi connectivity index (χ2v) is 6.15. The van der Waals surface area contributed by atoms with Gasteiger partial charge in [-0.1, -0.05) is 31.9 Å². The van der Waals surface area contributed by atoms with Crippen molar-refractivity contribution in [2.75, 3.05) is 13.7 Å². The Bertz CT molecular complexity index is 378. The van der Waals surface area contributed by atoms with Crippen LogP contribution >= 0.6 is 31.9 Å². The fourth-order valence-electron chi connectivity index (χ4n) is 2.28. The van der Waals surface area contributed by atoms with Gasteiger partial charge in [0, 0.05) is 21.6 Å². The number of nitrogens with one attached hydrogen (secondary N) is 1. The lowest BCUT2D eigenvalue weighted by atomic mass is 9.99. The van der Waals surface area contributed by atoms with E-state index in [2.05, 4.69) is 49.3 Å². The molecule has 0 aliphatic carbocycles. The highest BCUT2D eigenvalue weighted by atomic mass is 79.9. The third-order valence-electron chi connectivity index (χ3n) is 3.20. The summed E-state index contributed by atoms with van der Waals surface area (Å²) in [7, 11) is 2.01. The van der Waals surface area contributed by atoms with E-state index in [0.29, 0.717) is 12.1 Å². The van der Waals surface area contributed by atoms with Gasteiger partial charge >= 0.3 is 0 Å². The van der Waals surface area contributed by atoms with Crippen LogP contribution in [0.25, 0.3) is 0 Å². The third-order valence-corrected chi connectivity index (χ3v) is 4.42. The lowest BCUT2D eigenvalue weighted by Crippen LogP contribution is -2.22. The number of hydrogen-bond acceptors (Lipinski definition) is 2. The topological polar surface area (TPSA) is 21.3 Å². The van der Waals surface area contributed by atoms with Crippen LogP contribution in [0.15, 0.2) is 27.1 Å². The first-order valence-corrected chi connectivity index (χ1v) is 7.53. The van der Waals surface area contributed by atoms with Crippen LogP contribution in [-0.4, -0.2) is 19.8 Å². The van der Waals surface area contributed by atoms with Gasteiger partial charge in [0.1, 0.15) is 0 Å². The average molecular weight is 363 g/mol. The van der Waals surface area contributed by atoms with E-state index in [1.54, 1.807) is 0 Å². The minimum atomic E-state index is 0.338. The molecule has 1 fully saturated rings. The van der Waals surface area contributed by atoms with E-state index in [9.17, 15) is 0 Å². The molecule has 2 rings (SSSR count). The molecule has 94 valence electrons. The maximum Gasteiger partial charge on any atom is 0.0594 e. The van der Waals surface area contributed by atoms with Gasteiger partial charge in [-0.25, -0.2) is 0 Å². The summed E-state index contributed by atoms with van der Waals surface area (Å²) in [5.41, 5.74) is 1.29. The fourth-order valence-corrected chi connectivity index (χ4v) is 3.18. The summed E-state index contributed by atoms with van der Waals surface area (Å²) >= 11 is 7.15. The molecular weight excluding hydrogens is 346 g/mol. The molecular formula is C13H17Br2NO. The van der Waals surface area contributed by atoms with Crippen molar-refractivity contribution in [2.45, 2.75) is 31.4 Å². The van der Waals surface area contributed by atoms with E-state index in [4.69, 9.17) is 4.74 Å². The summed E-state index contributed by atoms with van der Waals surface area (Å²) in [5.74, 6) is 0. The molecule has 1 aromatic carbocycles. The number of halogens is 2. The van der Waals surface area contributed by atoms with Gasteiger partial charge in [-0.05, 0) is 50.1 Å². The fraction of sp³-hybridized carbons (Fsp3) is 0.538. The second-order valence-electron chi connectivity index (χ2n) is 4.38. The van der Waals surface area contributed by atoms with Crippen molar-refractivity contribution >= 4 is 31.9 Å². The van der Waals surface area contributed by atoms with Crippen LogP contribution in [0.2, 0.25) is 0 Å². The van der Waals surface area contributed by atoms with Crippen LogP contribution in [0.3, 0.4) is 0 Å². The maximum atomic E-state index is 5.71. The highest BCUT2D eigenvalue weighted by Crippen LogP contribution is 2.31. The second kappa shape index (κ2) is 6.32. The molecule has 2 atom stereocenters. The Hall–Kier alpha value is 0.1000. The molecule has 0 radical (unpaired) electrons. The van der Waals surface area contributed by atoms with Crippen molar-refractivity contribution in [1.29, 1.82) is 0 Å². The van der Waals surface area contributed by atoms with Gasteiger partial charge in [0.2, 0.25) is 0 Å². The molecule has 2 nitrogen and oxygen atoms in total. The lowest BCUT2D eigenvalue weighted by Gasteiger charge is -2.21. The molecule has 0 amide bonds. The van der Waals surface area contributed by atoms with E-state index in [1.165, 1.54) is 18.4 Å². The summed E-state index contributed by atoms with van der Waals surface area (Å²) < 4.78 is 7.97. The van der Waals surface area contributed by atoms with E-state index in [0.717, 1.165) is 22.0 Å². The monoisotopic (exact) mass is 361 g/mol. The molecule has 0 bridgehead atoms. The van der Waals surface area contributed by atoms with Gasteiger partial charge in [0.15, 0.2) is 0 Å². The first-order valence-electron chi connectivity index (χ1n) is 5.94. The zero-order chi connectivity index (χ0) is 12.3. The van der Waals surface area contributed by atoms with Crippen LogP contribution in [0, 0.1) is 0 Å². The van der Waals surface area contributed by atoms with E-state index >= 15 is 0 Å². The van der Waals surface area contributed by atoms with Crippen molar-refractivity contribution in [3.63, 3.8) is 0 Å². The van der Waals surface area contributed by atoms with Crippen molar-refractivity contribution < 1.29 is 4.74 Å². The summed E-state index contributed by atoms with van der Waals surface area (Å²) in [4.78, 5) is 0. The SMILES string of the molecule is CNC(CC1CCCO1)c1cc(Br)ccc1Br. The zero-order valence-electron chi connectivity index (χ0n) is 9.88. The van der Waals surface area contributed by atoms with Crippen LogP contribution in [0.4, 0.5) is 0 Å². The number of rotatable bonds is 4. The molecule has 17 heavy (non-hydrogen) atoms. The van der Waals surface area contributed by atoms with Gasteiger partial charge in [-0.3, -0.25) is 0 Å². The average Bonchev–Trinajstić information content (AvgIpc) is 2.82. The molecule has 0 aromatic heterocycles. The van der Waals surface area contributed by atoms with Crippen molar-refractivity contribution in [3.8, 4) is 0 Å². The molecule has 1 saturated heterocycles. The Morgan fingerprint density at radius 1 is 1.47 bits per heavy atom. The summed E-state index contributed by atoms with van der Waals surface area (Å²) in [6, 6.07) is 6.64. The largest absolute Gasteiger partial charge is 0.378 e. The molecule has 4 heteroatoms. The zero-order valence-corrected chi connectivity index (χ0v) is 13.1. The van der Waals surface area contributed by atoms with E-state index < -0.39 is 0 Å². The van der Waals surface area contributed by atoms with Gasteiger partial charge in [0.25, 0.3) is 0 Å². The number of hydrogen-bond donors (Lipinski definition) is 1. The van der Waals surface area contributed by atoms with Gasteiger partial charge in [0.05, 0.1) is 6.10 Å². The highest BCUT2D eigenvalue weighted by Gasteiger charge is 2.22. The van der Waals surface area contributed by atoms with Crippen molar-refractivity contribution in [1.82, 2.24) is 5.32 Å². The molecule has 1 N–H and O–H groups in total. The van der Waals surface area contributed by atoms with Crippen molar-refractivity contribution in [3.05, 3.63) is 32.7 Å². The smallest absolute Gasteiger partial charge is 0.0594 e. The summed E-state index contributed by atoms with van der Waals surface area (Å²) in [6.45, 7) is 0.917. The standard InChI is InChI=1S/C13H17Br2NO/c1-16-13(8-10-3-2-6-17-10)11-7-9(14)4-5-12(11)15/h4-5,7,10,13,16H,2-3,6,8H2,1H3. The van der Waals surface area contributed by atoms with E-state index in [-0.39, 0.29) is 0 Å². The predicted octanol–water partition coefficient (Wildman–Crippen LogP) is 4.04. The third kappa shape index (κ3) is 3.53. The van der Waals surface area contributed by atoms with E-state index in [1.807, 2.05) is 13.1 Å². The van der Waals surface area contributed by atoms with Gasteiger partial charge in [-0.2, -0.15) is 0 Å². The highest BCUT2D eigenvalue weighted by molar-refractivity contribution is 9.11. The Kier molecular flexibility index (Phi) is 5.03. The van der Waals surface area contributed by atoms with Gasteiger partial charge in [-0.15, -0.1) is 0 Å². The normalized spacial score (nSPS) is 21.7. The lowest BCUT2D eigenvalue weighted by molar-refractivity contribution is 0.0953. The Morgan fingerprint density at radius 3 is 2.94 bits per heavy atom. The Labute approximate surface area is 119 Å². The molecule has 1 aromatic rings. The minimum absolute atomic E-state index is 0.338. The Balaban J connectivity index is 2.13. The van der Waals surface area contributed by atoms with Crippen molar-refractivity contribution in [2.24, 2.45) is 0 Å². The molecule has 1 aliphatic rings. The first kappa shape index (κ1) is 13.5. The maximum absolute atomic E-state index is 5.71. The van der Waals surface area contributed by atoms with Crippen LogP contribution in [-0.2, 0) is 4.74 Å². The summed E-state index contributed by atoms with van der Waals surface area (Å²) in [6.07, 6.45) is 3.81. The minimum Gasteiger partial charge on any atom is -0.378 e. The van der Waals surface area contributed by atoms with Crippen LogP contribution < -0.4 is 5.32 Å². The summed E-state index contributed by atoms with van der Waals surface area (Å²) in [5, 5.41) is 3.38. The van der Waals surface area contributed by atoms with Crippen LogP contribution in [0.1, 0.15) is 30.9 Å². The number of benzene rings is 1.